The zero-order chi connectivity index (χ0) is 22.0. The lowest BCUT2D eigenvalue weighted by molar-refractivity contribution is -0.135. The SMILES string of the molecule is CC(C)NC(=O)[C@]1(Cc2ccc(-c3cccs3)cc2)CCN(C(=O)[C@H]2CCC(=O)N2)C1. The van der Waals surface area contributed by atoms with E-state index < -0.39 is 11.5 Å². The molecule has 0 saturated carbocycles. The van der Waals surface area contributed by atoms with Gasteiger partial charge < -0.3 is 15.5 Å². The molecule has 3 heterocycles. The summed E-state index contributed by atoms with van der Waals surface area (Å²) in [5, 5.41) is 7.89. The highest BCUT2D eigenvalue weighted by molar-refractivity contribution is 7.13. The molecule has 7 heteroatoms. The largest absolute Gasteiger partial charge is 0.353 e. The smallest absolute Gasteiger partial charge is 0.245 e. The van der Waals surface area contributed by atoms with Crippen LogP contribution in [0.25, 0.3) is 10.4 Å². The Morgan fingerprint density at radius 3 is 2.65 bits per heavy atom. The van der Waals surface area contributed by atoms with Crippen molar-refractivity contribution in [3.05, 3.63) is 47.3 Å². The molecule has 6 nitrogen and oxygen atoms in total. The van der Waals surface area contributed by atoms with Gasteiger partial charge in [-0.2, -0.15) is 0 Å². The number of rotatable bonds is 6. The van der Waals surface area contributed by atoms with Crippen LogP contribution in [0.3, 0.4) is 0 Å². The van der Waals surface area contributed by atoms with Gasteiger partial charge in [0.2, 0.25) is 17.7 Å². The molecular weight excluding hydrogens is 410 g/mol. The van der Waals surface area contributed by atoms with Gasteiger partial charge >= 0.3 is 0 Å². The number of hydrogen-bond donors (Lipinski definition) is 2. The predicted octanol–water partition coefficient (Wildman–Crippen LogP) is 2.98. The van der Waals surface area contributed by atoms with Gasteiger partial charge in [0.05, 0.1) is 5.41 Å². The first-order valence-corrected chi connectivity index (χ1v) is 11.8. The quantitative estimate of drug-likeness (QED) is 0.726. The van der Waals surface area contributed by atoms with Crippen LogP contribution in [0.2, 0.25) is 0 Å². The predicted molar refractivity (Wildman–Crippen MR) is 122 cm³/mol. The molecule has 1 aromatic heterocycles. The topological polar surface area (TPSA) is 78.5 Å². The number of hydrogen-bond acceptors (Lipinski definition) is 4. The van der Waals surface area contributed by atoms with Crippen LogP contribution in [0.1, 0.15) is 38.7 Å². The molecule has 0 bridgehead atoms. The maximum Gasteiger partial charge on any atom is 0.245 e. The normalized spacial score (nSPS) is 23.3. The summed E-state index contributed by atoms with van der Waals surface area (Å²) in [6.07, 6.45) is 2.12. The van der Waals surface area contributed by atoms with E-state index in [1.165, 1.54) is 10.4 Å². The first-order valence-electron chi connectivity index (χ1n) is 10.9. The summed E-state index contributed by atoms with van der Waals surface area (Å²) < 4.78 is 0. The zero-order valence-corrected chi connectivity index (χ0v) is 18.8. The summed E-state index contributed by atoms with van der Waals surface area (Å²) in [7, 11) is 0. The third kappa shape index (κ3) is 4.66. The van der Waals surface area contributed by atoms with Crippen molar-refractivity contribution >= 4 is 29.1 Å². The Bertz CT molecular complexity index is 955. The number of carbonyl (C=O) groups is 3. The van der Waals surface area contributed by atoms with Crippen molar-refractivity contribution in [2.45, 2.75) is 51.6 Å². The molecule has 2 aliphatic heterocycles. The highest BCUT2D eigenvalue weighted by atomic mass is 32.1. The number of benzene rings is 1. The first kappa shape index (κ1) is 21.6. The lowest BCUT2D eigenvalue weighted by atomic mass is 9.79. The van der Waals surface area contributed by atoms with Crippen molar-refractivity contribution in [1.29, 1.82) is 0 Å². The van der Waals surface area contributed by atoms with Crippen molar-refractivity contribution in [3.63, 3.8) is 0 Å². The van der Waals surface area contributed by atoms with Crippen LogP contribution in [0.4, 0.5) is 0 Å². The molecule has 0 radical (unpaired) electrons. The molecule has 164 valence electrons. The van der Waals surface area contributed by atoms with E-state index in [0.717, 1.165) is 5.56 Å². The summed E-state index contributed by atoms with van der Waals surface area (Å²) in [6, 6.07) is 12.1. The van der Waals surface area contributed by atoms with Crippen LogP contribution in [-0.2, 0) is 20.8 Å². The molecule has 0 aliphatic carbocycles. The average molecular weight is 440 g/mol. The minimum Gasteiger partial charge on any atom is -0.353 e. The van der Waals surface area contributed by atoms with Gasteiger partial charge in [0.25, 0.3) is 0 Å². The second kappa shape index (κ2) is 8.83. The zero-order valence-electron chi connectivity index (χ0n) is 18.0. The molecule has 0 unspecified atom stereocenters. The van der Waals surface area contributed by atoms with Gasteiger partial charge in [0, 0.05) is 30.4 Å². The third-order valence-electron chi connectivity index (χ3n) is 6.16. The van der Waals surface area contributed by atoms with Crippen molar-refractivity contribution in [2.24, 2.45) is 5.41 Å². The molecule has 4 rings (SSSR count). The Labute approximate surface area is 187 Å². The van der Waals surface area contributed by atoms with Crippen molar-refractivity contribution in [1.82, 2.24) is 15.5 Å². The standard InChI is InChI=1S/C24H29N3O3S/c1-16(2)25-23(30)24(11-12-27(15-24)22(29)19-9-10-21(28)26-19)14-17-5-7-18(8-6-17)20-4-3-13-31-20/h3-8,13,16,19H,9-12,14-15H2,1-2H3,(H,25,30)(H,26,28)/t19-,24+/m1/s1. The number of likely N-dealkylation sites (tertiary alicyclic amines) is 1. The van der Waals surface area contributed by atoms with E-state index >= 15 is 0 Å². The van der Waals surface area contributed by atoms with Crippen LogP contribution < -0.4 is 10.6 Å². The number of thiophene rings is 1. The molecule has 3 amide bonds. The van der Waals surface area contributed by atoms with Gasteiger partial charge in [-0.1, -0.05) is 30.3 Å². The highest BCUT2D eigenvalue weighted by Gasteiger charge is 2.47. The maximum atomic E-state index is 13.3. The second-order valence-corrected chi connectivity index (χ2v) is 9.88. The number of carbonyl (C=O) groups excluding carboxylic acids is 3. The molecule has 1 aromatic carbocycles. The molecule has 2 aliphatic rings. The summed E-state index contributed by atoms with van der Waals surface area (Å²) in [6.45, 7) is 4.81. The summed E-state index contributed by atoms with van der Waals surface area (Å²) in [5.41, 5.74) is 1.59. The molecule has 2 atom stereocenters. The van der Waals surface area contributed by atoms with Crippen LogP contribution in [0, 0.1) is 5.41 Å². The van der Waals surface area contributed by atoms with Crippen molar-refractivity contribution < 1.29 is 14.4 Å². The molecule has 2 N–H and O–H groups in total. The lowest BCUT2D eigenvalue weighted by Crippen LogP contribution is -2.49. The van der Waals surface area contributed by atoms with Crippen LogP contribution in [0.5, 0.6) is 0 Å². The molecule has 0 spiro atoms. The fourth-order valence-corrected chi connectivity index (χ4v) is 5.26. The number of amides is 3. The van der Waals surface area contributed by atoms with Gasteiger partial charge in [-0.3, -0.25) is 14.4 Å². The molecule has 2 fully saturated rings. The monoisotopic (exact) mass is 439 g/mol. The fourth-order valence-electron chi connectivity index (χ4n) is 4.53. The van der Waals surface area contributed by atoms with Crippen molar-refractivity contribution in [3.8, 4) is 10.4 Å². The van der Waals surface area contributed by atoms with E-state index in [9.17, 15) is 14.4 Å². The van der Waals surface area contributed by atoms with Crippen LogP contribution >= 0.6 is 11.3 Å². The molecule has 2 aromatic rings. The second-order valence-electron chi connectivity index (χ2n) is 8.93. The van der Waals surface area contributed by atoms with Gasteiger partial charge in [-0.15, -0.1) is 11.3 Å². The first-order chi connectivity index (χ1) is 14.9. The third-order valence-corrected chi connectivity index (χ3v) is 7.08. The van der Waals surface area contributed by atoms with E-state index in [4.69, 9.17) is 0 Å². The summed E-state index contributed by atoms with van der Waals surface area (Å²) in [4.78, 5) is 40.7. The van der Waals surface area contributed by atoms with Crippen LogP contribution in [0.15, 0.2) is 41.8 Å². The van der Waals surface area contributed by atoms with Crippen molar-refractivity contribution in [2.75, 3.05) is 13.1 Å². The van der Waals surface area contributed by atoms with Gasteiger partial charge in [0.1, 0.15) is 6.04 Å². The minimum absolute atomic E-state index is 0.00408. The van der Waals surface area contributed by atoms with E-state index in [-0.39, 0.29) is 23.8 Å². The fraction of sp³-hybridized carbons (Fsp3) is 0.458. The molecule has 2 saturated heterocycles. The van der Waals surface area contributed by atoms with E-state index in [1.807, 2.05) is 19.9 Å². The number of nitrogens with zero attached hydrogens (tertiary/aromatic N) is 1. The lowest BCUT2D eigenvalue weighted by Gasteiger charge is -2.30. The Morgan fingerprint density at radius 1 is 1.26 bits per heavy atom. The average Bonchev–Trinajstić information content (AvgIpc) is 3.49. The minimum atomic E-state index is -0.660. The van der Waals surface area contributed by atoms with Gasteiger partial charge in [-0.05, 0) is 55.7 Å². The van der Waals surface area contributed by atoms with E-state index in [0.29, 0.717) is 38.8 Å². The highest BCUT2D eigenvalue weighted by Crippen LogP contribution is 2.36. The Kier molecular flexibility index (Phi) is 6.14. The number of nitrogens with one attached hydrogen (secondary N) is 2. The Morgan fingerprint density at radius 2 is 2.03 bits per heavy atom. The van der Waals surface area contributed by atoms with Crippen LogP contribution in [-0.4, -0.2) is 47.8 Å². The molecule has 31 heavy (non-hydrogen) atoms. The maximum absolute atomic E-state index is 13.3. The van der Waals surface area contributed by atoms with E-state index in [1.54, 1.807) is 16.2 Å². The Balaban J connectivity index is 1.52. The van der Waals surface area contributed by atoms with Gasteiger partial charge in [-0.25, -0.2) is 0 Å². The summed E-state index contributed by atoms with van der Waals surface area (Å²) >= 11 is 1.70. The van der Waals surface area contributed by atoms with E-state index in [2.05, 4.69) is 46.3 Å². The molecular formula is C24H29N3O3S. The van der Waals surface area contributed by atoms with Gasteiger partial charge in [0.15, 0.2) is 0 Å². The Hall–Kier alpha value is -2.67. The summed E-state index contributed by atoms with van der Waals surface area (Å²) in [5.74, 6) is -0.152.